The Bertz CT molecular complexity index is 466. The van der Waals surface area contributed by atoms with E-state index in [1.54, 1.807) is 4.90 Å². The topological polar surface area (TPSA) is 66.8 Å². The van der Waals surface area contributed by atoms with Gasteiger partial charge in [0.15, 0.2) is 0 Å². The van der Waals surface area contributed by atoms with E-state index < -0.39 is 5.97 Å². The zero-order valence-corrected chi connectivity index (χ0v) is 11.8. The van der Waals surface area contributed by atoms with Crippen LogP contribution in [0.2, 0.25) is 0 Å². The van der Waals surface area contributed by atoms with Crippen molar-refractivity contribution in [3.8, 4) is 0 Å². The van der Waals surface area contributed by atoms with E-state index in [1.807, 2.05) is 30.3 Å². The average molecular weight is 295 g/mol. The van der Waals surface area contributed by atoms with E-state index >= 15 is 0 Å². The zero-order valence-electron chi connectivity index (χ0n) is 11.0. The first-order chi connectivity index (χ1) is 9.65. The molecular formula is C14H17NO4S. The normalized spacial score (nSPS) is 18.0. The van der Waals surface area contributed by atoms with Crippen molar-refractivity contribution in [2.45, 2.75) is 18.3 Å². The molecule has 0 saturated carbocycles. The molecule has 1 amide bonds. The number of carboxylic acids is 1. The summed E-state index contributed by atoms with van der Waals surface area (Å²) in [7, 11) is 0. The quantitative estimate of drug-likeness (QED) is 0.902. The van der Waals surface area contributed by atoms with Gasteiger partial charge < -0.3 is 14.7 Å². The van der Waals surface area contributed by atoms with E-state index in [2.05, 4.69) is 0 Å². The molecule has 0 radical (unpaired) electrons. The lowest BCUT2D eigenvalue weighted by Crippen LogP contribution is -2.29. The van der Waals surface area contributed by atoms with Gasteiger partial charge in [0.25, 0.3) is 0 Å². The molecule has 0 bridgehead atoms. The Balaban J connectivity index is 1.73. The van der Waals surface area contributed by atoms with Crippen LogP contribution in [0.4, 0.5) is 4.79 Å². The summed E-state index contributed by atoms with van der Waals surface area (Å²) in [5, 5.41) is 8.82. The molecule has 2 rings (SSSR count). The monoisotopic (exact) mass is 295 g/mol. The van der Waals surface area contributed by atoms with Crippen molar-refractivity contribution in [3.05, 3.63) is 35.9 Å². The van der Waals surface area contributed by atoms with Crippen LogP contribution >= 0.6 is 11.8 Å². The van der Waals surface area contributed by atoms with E-state index in [1.165, 1.54) is 11.8 Å². The van der Waals surface area contributed by atoms with Gasteiger partial charge in [0, 0.05) is 18.3 Å². The first-order valence-electron chi connectivity index (χ1n) is 6.44. The molecule has 1 aromatic rings. The van der Waals surface area contributed by atoms with E-state index in [4.69, 9.17) is 9.84 Å². The minimum absolute atomic E-state index is 0.0809. The van der Waals surface area contributed by atoms with Crippen LogP contribution in [0.25, 0.3) is 0 Å². The Morgan fingerprint density at radius 1 is 1.35 bits per heavy atom. The second kappa shape index (κ2) is 7.19. The number of carbonyl (C=O) groups excluding carboxylic acids is 1. The van der Waals surface area contributed by atoms with Crippen LogP contribution in [0.3, 0.4) is 0 Å². The van der Waals surface area contributed by atoms with Crippen molar-refractivity contribution in [1.29, 1.82) is 0 Å². The van der Waals surface area contributed by atoms with Gasteiger partial charge in [0.2, 0.25) is 0 Å². The third kappa shape index (κ3) is 4.45. The van der Waals surface area contributed by atoms with E-state index in [0.717, 1.165) is 12.0 Å². The van der Waals surface area contributed by atoms with Crippen LogP contribution in [-0.2, 0) is 16.1 Å². The van der Waals surface area contributed by atoms with Gasteiger partial charge >= 0.3 is 12.1 Å². The summed E-state index contributed by atoms with van der Waals surface area (Å²) in [6.07, 6.45) is 0.491. The van der Waals surface area contributed by atoms with E-state index in [0.29, 0.717) is 13.1 Å². The maximum atomic E-state index is 11.9. The van der Waals surface area contributed by atoms with Gasteiger partial charge in [0.05, 0.1) is 5.75 Å². The number of ether oxygens (including phenoxy) is 1. The van der Waals surface area contributed by atoms with Crippen LogP contribution in [0, 0.1) is 0 Å². The highest BCUT2D eigenvalue weighted by molar-refractivity contribution is 8.00. The van der Waals surface area contributed by atoms with Gasteiger partial charge in [-0.1, -0.05) is 30.3 Å². The molecule has 0 aromatic heterocycles. The summed E-state index contributed by atoms with van der Waals surface area (Å²) in [5.41, 5.74) is 0.955. The van der Waals surface area contributed by atoms with Crippen LogP contribution in [0.1, 0.15) is 12.0 Å². The minimum atomic E-state index is -0.819. The Kier molecular flexibility index (Phi) is 5.29. The zero-order chi connectivity index (χ0) is 14.4. The SMILES string of the molecule is O=C(O)CSC1CCN(C(=O)OCc2ccccc2)C1. The number of nitrogens with zero attached hydrogens (tertiary/aromatic N) is 1. The van der Waals surface area contributed by atoms with Crippen molar-refractivity contribution in [2.75, 3.05) is 18.8 Å². The van der Waals surface area contributed by atoms with Gasteiger partial charge in [-0.25, -0.2) is 4.79 Å². The maximum Gasteiger partial charge on any atom is 0.410 e. The average Bonchev–Trinajstić information content (AvgIpc) is 2.92. The molecule has 108 valence electrons. The highest BCUT2D eigenvalue weighted by Crippen LogP contribution is 2.23. The summed E-state index contributed by atoms with van der Waals surface area (Å²) in [5.74, 6) is -0.738. The molecule has 1 aromatic carbocycles. The highest BCUT2D eigenvalue weighted by Gasteiger charge is 2.27. The molecule has 1 heterocycles. The lowest BCUT2D eigenvalue weighted by atomic mass is 10.2. The molecule has 1 N–H and O–H groups in total. The molecule has 0 spiro atoms. The number of carbonyl (C=O) groups is 2. The number of carboxylic acid groups (broad SMARTS) is 1. The standard InChI is InChI=1S/C14H17NO4S/c16-13(17)10-20-12-6-7-15(8-12)14(18)19-9-11-4-2-1-3-5-11/h1-5,12H,6-10H2,(H,16,17). The summed E-state index contributed by atoms with van der Waals surface area (Å²) < 4.78 is 5.25. The predicted octanol–water partition coefficient (Wildman–Crippen LogP) is 2.22. The fourth-order valence-electron chi connectivity index (χ4n) is 2.03. The van der Waals surface area contributed by atoms with Crippen molar-refractivity contribution < 1.29 is 19.4 Å². The number of hydrogen-bond donors (Lipinski definition) is 1. The highest BCUT2D eigenvalue weighted by atomic mass is 32.2. The van der Waals surface area contributed by atoms with Crippen molar-refractivity contribution >= 4 is 23.8 Å². The number of benzene rings is 1. The molecular weight excluding hydrogens is 278 g/mol. The number of hydrogen-bond acceptors (Lipinski definition) is 4. The predicted molar refractivity (Wildman–Crippen MR) is 76.7 cm³/mol. The molecule has 1 saturated heterocycles. The fraction of sp³-hybridized carbons (Fsp3) is 0.429. The number of thioether (sulfide) groups is 1. The van der Waals surface area contributed by atoms with Gasteiger partial charge in [0.1, 0.15) is 6.61 Å². The number of rotatable bonds is 5. The van der Waals surface area contributed by atoms with Crippen molar-refractivity contribution in [2.24, 2.45) is 0 Å². The second-order valence-electron chi connectivity index (χ2n) is 4.60. The number of amides is 1. The lowest BCUT2D eigenvalue weighted by Gasteiger charge is -2.16. The number of likely N-dealkylation sites (tertiary alicyclic amines) is 1. The molecule has 1 aliphatic rings. The van der Waals surface area contributed by atoms with Gasteiger partial charge in [-0.2, -0.15) is 0 Å². The first kappa shape index (κ1) is 14.7. The van der Waals surface area contributed by atoms with Gasteiger partial charge in [-0.15, -0.1) is 11.8 Å². The molecule has 5 nitrogen and oxygen atoms in total. The molecule has 1 fully saturated rings. The summed E-state index contributed by atoms with van der Waals surface area (Å²) in [4.78, 5) is 24.0. The number of aliphatic carboxylic acids is 1. The molecule has 1 atom stereocenters. The molecule has 1 aliphatic heterocycles. The van der Waals surface area contributed by atoms with Gasteiger partial charge in [-0.3, -0.25) is 4.79 Å². The van der Waals surface area contributed by atoms with Crippen LogP contribution in [-0.4, -0.2) is 46.2 Å². The minimum Gasteiger partial charge on any atom is -0.481 e. The lowest BCUT2D eigenvalue weighted by molar-refractivity contribution is -0.133. The second-order valence-corrected chi connectivity index (χ2v) is 5.89. The van der Waals surface area contributed by atoms with Gasteiger partial charge in [-0.05, 0) is 12.0 Å². The summed E-state index contributed by atoms with van der Waals surface area (Å²) in [6, 6.07) is 9.52. The van der Waals surface area contributed by atoms with Crippen LogP contribution < -0.4 is 0 Å². The van der Waals surface area contributed by atoms with Crippen molar-refractivity contribution in [1.82, 2.24) is 4.90 Å². The molecule has 1 unspecified atom stereocenters. The molecule has 6 heteroatoms. The Morgan fingerprint density at radius 3 is 2.80 bits per heavy atom. The molecule has 20 heavy (non-hydrogen) atoms. The van der Waals surface area contributed by atoms with Crippen LogP contribution in [0.15, 0.2) is 30.3 Å². The third-order valence-electron chi connectivity index (χ3n) is 3.05. The Hall–Kier alpha value is -1.69. The third-order valence-corrected chi connectivity index (χ3v) is 4.32. The van der Waals surface area contributed by atoms with Crippen LogP contribution in [0.5, 0.6) is 0 Å². The maximum absolute atomic E-state index is 11.9. The fourth-order valence-corrected chi connectivity index (χ4v) is 2.97. The van der Waals surface area contributed by atoms with Crippen molar-refractivity contribution in [3.63, 3.8) is 0 Å². The van der Waals surface area contributed by atoms with E-state index in [9.17, 15) is 9.59 Å². The Labute approximate surface area is 121 Å². The largest absolute Gasteiger partial charge is 0.481 e. The van der Waals surface area contributed by atoms with E-state index in [-0.39, 0.29) is 23.7 Å². The smallest absolute Gasteiger partial charge is 0.410 e. The summed E-state index contributed by atoms with van der Waals surface area (Å²) >= 11 is 1.38. The Morgan fingerprint density at radius 2 is 2.10 bits per heavy atom. The first-order valence-corrected chi connectivity index (χ1v) is 7.49. The summed E-state index contributed by atoms with van der Waals surface area (Å²) in [6.45, 7) is 1.46. The molecule has 0 aliphatic carbocycles.